The van der Waals surface area contributed by atoms with E-state index in [9.17, 15) is 4.79 Å². The van der Waals surface area contributed by atoms with Crippen molar-refractivity contribution in [3.63, 3.8) is 0 Å². The van der Waals surface area contributed by atoms with Crippen molar-refractivity contribution in [2.24, 2.45) is 0 Å². The Morgan fingerprint density at radius 3 is 2.30 bits per heavy atom. The van der Waals surface area contributed by atoms with E-state index in [4.69, 9.17) is 9.47 Å². The number of carbonyl (C=O) groups is 1. The highest BCUT2D eigenvalue weighted by molar-refractivity contribution is 5.91. The van der Waals surface area contributed by atoms with Crippen LogP contribution in [0, 0.1) is 0 Å². The first-order valence-electron chi connectivity index (χ1n) is 8.82. The van der Waals surface area contributed by atoms with Crippen molar-refractivity contribution >= 4 is 11.6 Å². The molecule has 0 atom stereocenters. The van der Waals surface area contributed by atoms with Crippen molar-refractivity contribution in [1.29, 1.82) is 0 Å². The Bertz CT molecular complexity index is 860. The maximum Gasteiger partial charge on any atom is 0.262 e. The minimum absolute atomic E-state index is 0.0631. The van der Waals surface area contributed by atoms with Gasteiger partial charge >= 0.3 is 0 Å². The molecule has 0 bridgehead atoms. The van der Waals surface area contributed by atoms with Gasteiger partial charge in [-0.1, -0.05) is 32.0 Å². The third kappa shape index (κ3) is 5.57. The Labute approximate surface area is 159 Å². The van der Waals surface area contributed by atoms with Gasteiger partial charge in [-0.2, -0.15) is 0 Å². The number of hydrogen-bond acceptors (Lipinski definition) is 4. The van der Waals surface area contributed by atoms with E-state index >= 15 is 0 Å². The van der Waals surface area contributed by atoms with E-state index in [1.54, 1.807) is 36.5 Å². The van der Waals surface area contributed by atoms with Gasteiger partial charge in [0.25, 0.3) is 5.91 Å². The second-order valence-corrected chi connectivity index (χ2v) is 6.36. The summed E-state index contributed by atoms with van der Waals surface area (Å²) >= 11 is 0. The Kier molecular flexibility index (Phi) is 6.05. The first-order chi connectivity index (χ1) is 13.1. The second kappa shape index (κ2) is 8.85. The quantitative estimate of drug-likeness (QED) is 0.641. The molecule has 5 heteroatoms. The summed E-state index contributed by atoms with van der Waals surface area (Å²) in [5, 5.41) is 2.83. The fourth-order valence-electron chi connectivity index (χ4n) is 2.43. The summed E-state index contributed by atoms with van der Waals surface area (Å²) in [4.78, 5) is 16.1. The van der Waals surface area contributed by atoms with Crippen LogP contribution in [0.4, 0.5) is 5.69 Å². The lowest BCUT2D eigenvalue weighted by Crippen LogP contribution is -2.20. The van der Waals surface area contributed by atoms with Gasteiger partial charge in [0.15, 0.2) is 6.61 Å². The molecule has 2 aromatic carbocycles. The first-order valence-corrected chi connectivity index (χ1v) is 8.82. The van der Waals surface area contributed by atoms with Crippen LogP contribution in [-0.4, -0.2) is 17.5 Å². The van der Waals surface area contributed by atoms with Crippen LogP contribution in [0.2, 0.25) is 0 Å². The van der Waals surface area contributed by atoms with E-state index < -0.39 is 0 Å². The lowest BCUT2D eigenvalue weighted by Gasteiger charge is -2.10. The molecule has 0 saturated heterocycles. The Morgan fingerprint density at radius 2 is 1.67 bits per heavy atom. The summed E-state index contributed by atoms with van der Waals surface area (Å²) in [5.41, 5.74) is 1.99. The highest BCUT2D eigenvalue weighted by Gasteiger charge is 2.05. The summed E-state index contributed by atoms with van der Waals surface area (Å²) in [6.45, 7) is 4.20. The lowest BCUT2D eigenvalue weighted by molar-refractivity contribution is -0.118. The maximum absolute atomic E-state index is 12.0. The molecule has 1 amide bonds. The van der Waals surface area contributed by atoms with Crippen LogP contribution in [0.15, 0.2) is 72.9 Å². The molecular weight excluding hydrogens is 340 g/mol. The fourth-order valence-corrected chi connectivity index (χ4v) is 2.43. The molecular formula is C22H22N2O3. The van der Waals surface area contributed by atoms with Gasteiger partial charge in [-0.15, -0.1) is 0 Å². The molecule has 3 aromatic rings. The van der Waals surface area contributed by atoms with Gasteiger partial charge in [-0.3, -0.25) is 4.79 Å². The molecule has 5 nitrogen and oxygen atoms in total. The number of nitrogens with one attached hydrogen (secondary N) is 1. The average molecular weight is 362 g/mol. The molecule has 3 rings (SSSR count). The maximum atomic E-state index is 12.0. The zero-order chi connectivity index (χ0) is 19.1. The molecule has 0 unspecified atom stereocenters. The van der Waals surface area contributed by atoms with Crippen LogP contribution in [0.1, 0.15) is 25.3 Å². The lowest BCUT2D eigenvalue weighted by atomic mass is 10.0. The monoisotopic (exact) mass is 362 g/mol. The highest BCUT2D eigenvalue weighted by atomic mass is 16.5. The second-order valence-electron chi connectivity index (χ2n) is 6.36. The summed E-state index contributed by atoms with van der Waals surface area (Å²) in [5.74, 6) is 2.02. The molecule has 27 heavy (non-hydrogen) atoms. The largest absolute Gasteiger partial charge is 0.484 e. The minimum Gasteiger partial charge on any atom is -0.484 e. The topological polar surface area (TPSA) is 60.5 Å². The number of benzene rings is 2. The van der Waals surface area contributed by atoms with Crippen molar-refractivity contribution in [1.82, 2.24) is 4.98 Å². The number of rotatable bonds is 7. The molecule has 1 aromatic heterocycles. The van der Waals surface area contributed by atoms with Crippen molar-refractivity contribution in [3.8, 4) is 17.4 Å². The smallest absolute Gasteiger partial charge is 0.262 e. The van der Waals surface area contributed by atoms with Gasteiger partial charge < -0.3 is 14.8 Å². The number of ether oxygens (including phenoxy) is 2. The summed E-state index contributed by atoms with van der Waals surface area (Å²) in [6.07, 6.45) is 1.67. The standard InChI is InChI=1S/C22H22N2O3/c1-16(2)17-6-8-18(9-7-17)24-21(25)15-26-19-10-12-20(13-11-19)27-22-5-3-4-14-23-22/h3-14,16H,15H2,1-2H3,(H,24,25). The molecule has 0 spiro atoms. The normalized spacial score (nSPS) is 10.5. The van der Waals surface area contributed by atoms with Crippen LogP contribution < -0.4 is 14.8 Å². The third-order valence-corrected chi connectivity index (χ3v) is 3.91. The first kappa shape index (κ1) is 18.5. The molecule has 0 aliphatic carbocycles. The van der Waals surface area contributed by atoms with Crippen molar-refractivity contribution in [3.05, 3.63) is 78.5 Å². The van der Waals surface area contributed by atoms with Crippen LogP contribution >= 0.6 is 0 Å². The SMILES string of the molecule is CC(C)c1ccc(NC(=O)COc2ccc(Oc3ccccn3)cc2)cc1. The summed E-state index contributed by atoms with van der Waals surface area (Å²) in [6, 6.07) is 20.3. The van der Waals surface area contributed by atoms with Crippen LogP contribution in [-0.2, 0) is 4.79 Å². The predicted molar refractivity (Wildman–Crippen MR) is 105 cm³/mol. The molecule has 0 aliphatic heterocycles. The van der Waals surface area contributed by atoms with E-state index in [0.717, 1.165) is 5.69 Å². The van der Waals surface area contributed by atoms with Gasteiger partial charge in [-0.05, 0) is 53.9 Å². The molecule has 138 valence electrons. The van der Waals surface area contributed by atoms with E-state index in [1.165, 1.54) is 5.56 Å². The molecule has 0 radical (unpaired) electrons. The van der Waals surface area contributed by atoms with E-state index in [2.05, 4.69) is 24.1 Å². The molecule has 0 aliphatic rings. The predicted octanol–water partition coefficient (Wildman–Crippen LogP) is 5.01. The van der Waals surface area contributed by atoms with E-state index in [1.807, 2.05) is 36.4 Å². The Morgan fingerprint density at radius 1 is 0.963 bits per heavy atom. The molecule has 1 N–H and O–H groups in total. The van der Waals surface area contributed by atoms with Crippen LogP contribution in [0.3, 0.4) is 0 Å². The van der Waals surface area contributed by atoms with Gasteiger partial charge in [0.2, 0.25) is 5.88 Å². The number of aromatic nitrogens is 1. The van der Waals surface area contributed by atoms with Crippen molar-refractivity contribution in [2.45, 2.75) is 19.8 Å². The van der Waals surface area contributed by atoms with E-state index in [-0.39, 0.29) is 12.5 Å². The number of pyridine rings is 1. The molecule has 0 saturated carbocycles. The number of anilines is 1. The zero-order valence-corrected chi connectivity index (χ0v) is 15.4. The van der Waals surface area contributed by atoms with Gasteiger partial charge in [0.1, 0.15) is 11.5 Å². The number of nitrogens with zero attached hydrogens (tertiary/aromatic N) is 1. The van der Waals surface area contributed by atoms with Crippen molar-refractivity contribution in [2.75, 3.05) is 11.9 Å². The van der Waals surface area contributed by atoms with Gasteiger partial charge in [0.05, 0.1) is 0 Å². The number of carbonyl (C=O) groups excluding carboxylic acids is 1. The van der Waals surface area contributed by atoms with Crippen LogP contribution in [0.25, 0.3) is 0 Å². The van der Waals surface area contributed by atoms with Crippen molar-refractivity contribution < 1.29 is 14.3 Å². The summed E-state index contributed by atoms with van der Waals surface area (Å²) in [7, 11) is 0. The van der Waals surface area contributed by atoms with Gasteiger partial charge in [0, 0.05) is 18.0 Å². The van der Waals surface area contributed by atoms with E-state index in [0.29, 0.717) is 23.3 Å². The molecule has 0 fully saturated rings. The Hall–Kier alpha value is -3.34. The zero-order valence-electron chi connectivity index (χ0n) is 15.4. The molecule has 1 heterocycles. The van der Waals surface area contributed by atoms with Gasteiger partial charge in [-0.25, -0.2) is 4.98 Å². The Balaban J connectivity index is 1.48. The third-order valence-electron chi connectivity index (χ3n) is 3.91. The average Bonchev–Trinajstić information content (AvgIpc) is 2.69. The highest BCUT2D eigenvalue weighted by Crippen LogP contribution is 2.22. The summed E-state index contributed by atoms with van der Waals surface area (Å²) < 4.78 is 11.1. The number of hydrogen-bond donors (Lipinski definition) is 1. The fraction of sp³-hybridized carbons (Fsp3) is 0.182. The number of amides is 1. The minimum atomic E-state index is -0.207. The van der Waals surface area contributed by atoms with Crippen LogP contribution in [0.5, 0.6) is 17.4 Å².